The van der Waals surface area contributed by atoms with Crippen molar-refractivity contribution in [3.8, 4) is 0 Å². The summed E-state index contributed by atoms with van der Waals surface area (Å²) in [6.07, 6.45) is 0. The van der Waals surface area contributed by atoms with Crippen LogP contribution in [0.15, 0.2) is 6.07 Å². The number of nitrogens with one attached hydrogen (secondary N) is 1. The first-order valence-corrected chi connectivity index (χ1v) is 6.70. The first kappa shape index (κ1) is 15.5. The van der Waals surface area contributed by atoms with Crippen LogP contribution in [0.25, 0.3) is 0 Å². The number of carbonyl (C=O) groups excluding carboxylic acids is 2. The second-order valence-electron chi connectivity index (χ2n) is 4.24. The fraction of sp³-hybridized carbons (Fsp3) is 0.500. The Morgan fingerprint density at radius 3 is 2.81 bits per heavy atom. The molecule has 1 amide bonds. The molecule has 0 unspecified atom stereocenters. The summed E-state index contributed by atoms with van der Waals surface area (Å²) in [4.78, 5) is 32.9. The summed E-state index contributed by atoms with van der Waals surface area (Å²) >= 11 is 5.85. The smallest absolute Gasteiger partial charge is 0.325 e. The van der Waals surface area contributed by atoms with Crippen molar-refractivity contribution in [2.24, 2.45) is 0 Å². The molecule has 0 spiro atoms. The lowest BCUT2D eigenvalue weighted by atomic mass is 10.3. The molecule has 1 aromatic rings. The summed E-state index contributed by atoms with van der Waals surface area (Å²) < 4.78 is 9.70. The number of nitrogens with zero attached hydrogens (tertiary/aromatic N) is 3. The summed E-state index contributed by atoms with van der Waals surface area (Å²) in [5.41, 5.74) is 0.0976. The van der Waals surface area contributed by atoms with E-state index in [2.05, 4.69) is 20.0 Å². The highest BCUT2D eigenvalue weighted by Gasteiger charge is 2.17. The van der Waals surface area contributed by atoms with Crippen LogP contribution in [0.2, 0.25) is 5.28 Å². The van der Waals surface area contributed by atoms with Crippen molar-refractivity contribution in [2.45, 2.75) is 0 Å². The van der Waals surface area contributed by atoms with Crippen molar-refractivity contribution in [3.63, 3.8) is 0 Å². The van der Waals surface area contributed by atoms with Gasteiger partial charge in [0.1, 0.15) is 18.1 Å². The van der Waals surface area contributed by atoms with Gasteiger partial charge in [-0.05, 0) is 11.6 Å². The maximum absolute atomic E-state index is 11.9. The molecule has 1 aliphatic heterocycles. The molecule has 0 bridgehead atoms. The first-order valence-electron chi connectivity index (χ1n) is 6.32. The predicted octanol–water partition coefficient (Wildman–Crippen LogP) is -0.131. The largest absolute Gasteiger partial charge is 0.468 e. The monoisotopic (exact) mass is 314 g/mol. The fourth-order valence-electron chi connectivity index (χ4n) is 1.79. The molecule has 1 aliphatic rings. The van der Waals surface area contributed by atoms with Crippen molar-refractivity contribution in [1.82, 2.24) is 15.3 Å². The van der Waals surface area contributed by atoms with E-state index < -0.39 is 11.9 Å². The number of amides is 1. The molecule has 1 N–H and O–H groups in total. The van der Waals surface area contributed by atoms with Crippen LogP contribution >= 0.6 is 11.6 Å². The summed E-state index contributed by atoms with van der Waals surface area (Å²) in [5.74, 6) is -0.502. The SMILES string of the molecule is COC(=O)CNC(=O)c1cc(N2CCOCC2)nc(Cl)n1. The summed E-state index contributed by atoms with van der Waals surface area (Å²) in [5, 5.41) is 2.38. The molecule has 114 valence electrons. The van der Waals surface area contributed by atoms with Crippen LogP contribution < -0.4 is 10.2 Å². The molecule has 0 aliphatic carbocycles. The summed E-state index contributed by atoms with van der Waals surface area (Å²) in [6.45, 7) is 2.27. The van der Waals surface area contributed by atoms with Gasteiger partial charge in [0, 0.05) is 19.2 Å². The zero-order valence-electron chi connectivity index (χ0n) is 11.5. The Bertz CT molecular complexity index is 534. The number of aromatic nitrogens is 2. The molecule has 0 saturated carbocycles. The fourth-order valence-corrected chi connectivity index (χ4v) is 1.97. The second kappa shape index (κ2) is 7.19. The van der Waals surface area contributed by atoms with E-state index in [0.717, 1.165) is 0 Å². The highest BCUT2D eigenvalue weighted by molar-refractivity contribution is 6.28. The van der Waals surface area contributed by atoms with Crippen LogP contribution in [-0.2, 0) is 14.3 Å². The van der Waals surface area contributed by atoms with E-state index in [1.807, 2.05) is 4.90 Å². The molecule has 0 atom stereocenters. The maximum Gasteiger partial charge on any atom is 0.325 e. The molecule has 1 aromatic heterocycles. The Morgan fingerprint density at radius 2 is 2.14 bits per heavy atom. The third kappa shape index (κ3) is 4.27. The molecule has 9 heteroatoms. The van der Waals surface area contributed by atoms with Crippen molar-refractivity contribution >= 4 is 29.3 Å². The van der Waals surface area contributed by atoms with E-state index in [0.29, 0.717) is 32.1 Å². The first-order chi connectivity index (χ1) is 10.1. The Hall–Kier alpha value is -1.93. The van der Waals surface area contributed by atoms with Gasteiger partial charge in [0.2, 0.25) is 5.28 Å². The van der Waals surface area contributed by atoms with Gasteiger partial charge in [0.25, 0.3) is 5.91 Å². The van der Waals surface area contributed by atoms with E-state index in [9.17, 15) is 9.59 Å². The van der Waals surface area contributed by atoms with Crippen LogP contribution in [-0.4, -0.2) is 61.8 Å². The Kier molecular flexibility index (Phi) is 5.29. The van der Waals surface area contributed by atoms with Gasteiger partial charge < -0.3 is 19.7 Å². The standard InChI is InChI=1S/C12H15ClN4O4/c1-20-10(18)7-14-11(19)8-6-9(16-12(13)15-8)17-2-4-21-5-3-17/h6H,2-5,7H2,1H3,(H,14,19). The van der Waals surface area contributed by atoms with E-state index in [1.165, 1.54) is 13.2 Å². The molecule has 0 radical (unpaired) electrons. The highest BCUT2D eigenvalue weighted by Crippen LogP contribution is 2.16. The van der Waals surface area contributed by atoms with Crippen LogP contribution in [0.3, 0.4) is 0 Å². The molecule has 21 heavy (non-hydrogen) atoms. The van der Waals surface area contributed by atoms with E-state index in [1.54, 1.807) is 0 Å². The maximum atomic E-state index is 11.9. The third-order valence-electron chi connectivity index (χ3n) is 2.87. The average molecular weight is 315 g/mol. The lowest BCUT2D eigenvalue weighted by Gasteiger charge is -2.27. The Labute approximate surface area is 126 Å². The molecule has 1 saturated heterocycles. The Morgan fingerprint density at radius 1 is 1.43 bits per heavy atom. The van der Waals surface area contributed by atoms with Gasteiger partial charge >= 0.3 is 5.97 Å². The van der Waals surface area contributed by atoms with Gasteiger partial charge in [0.05, 0.1) is 20.3 Å². The molecular formula is C12H15ClN4O4. The van der Waals surface area contributed by atoms with Crippen molar-refractivity contribution in [1.29, 1.82) is 0 Å². The number of ether oxygens (including phenoxy) is 2. The van der Waals surface area contributed by atoms with Crippen molar-refractivity contribution < 1.29 is 19.1 Å². The topological polar surface area (TPSA) is 93.7 Å². The molecule has 8 nitrogen and oxygen atoms in total. The minimum atomic E-state index is -0.545. The quantitative estimate of drug-likeness (QED) is 0.611. The number of hydrogen-bond acceptors (Lipinski definition) is 7. The average Bonchev–Trinajstić information content (AvgIpc) is 2.52. The van der Waals surface area contributed by atoms with E-state index >= 15 is 0 Å². The number of rotatable bonds is 4. The number of halogens is 1. The molecule has 1 fully saturated rings. The summed E-state index contributed by atoms with van der Waals surface area (Å²) in [7, 11) is 1.24. The number of esters is 1. The van der Waals surface area contributed by atoms with Crippen molar-refractivity contribution in [3.05, 3.63) is 17.0 Å². The van der Waals surface area contributed by atoms with Crippen LogP contribution in [0.1, 0.15) is 10.5 Å². The van der Waals surface area contributed by atoms with Crippen LogP contribution in [0, 0.1) is 0 Å². The number of morpholine rings is 1. The van der Waals surface area contributed by atoms with Gasteiger partial charge in [-0.2, -0.15) is 0 Å². The molecular weight excluding hydrogens is 300 g/mol. The van der Waals surface area contributed by atoms with Gasteiger partial charge in [-0.1, -0.05) is 0 Å². The van der Waals surface area contributed by atoms with Crippen molar-refractivity contribution in [2.75, 3.05) is 44.9 Å². The lowest BCUT2D eigenvalue weighted by molar-refractivity contribution is -0.139. The zero-order valence-corrected chi connectivity index (χ0v) is 12.2. The second-order valence-corrected chi connectivity index (χ2v) is 4.58. The lowest BCUT2D eigenvalue weighted by Crippen LogP contribution is -2.37. The number of anilines is 1. The van der Waals surface area contributed by atoms with Crippen LogP contribution in [0.5, 0.6) is 0 Å². The zero-order chi connectivity index (χ0) is 15.2. The normalized spacial score (nSPS) is 14.7. The Balaban J connectivity index is 2.10. The number of methoxy groups -OCH3 is 1. The minimum absolute atomic E-state index is 0.0257. The van der Waals surface area contributed by atoms with E-state index in [4.69, 9.17) is 16.3 Å². The number of hydrogen-bond donors (Lipinski definition) is 1. The summed E-state index contributed by atoms with van der Waals surface area (Å²) in [6, 6.07) is 1.53. The predicted molar refractivity (Wildman–Crippen MR) is 74.4 cm³/mol. The minimum Gasteiger partial charge on any atom is -0.468 e. The van der Waals surface area contributed by atoms with Gasteiger partial charge in [0.15, 0.2) is 0 Å². The molecule has 2 rings (SSSR count). The number of carbonyl (C=O) groups is 2. The van der Waals surface area contributed by atoms with E-state index in [-0.39, 0.29) is 17.5 Å². The van der Waals surface area contributed by atoms with Gasteiger partial charge in [-0.15, -0.1) is 0 Å². The van der Waals surface area contributed by atoms with Crippen LogP contribution in [0.4, 0.5) is 5.82 Å². The van der Waals surface area contributed by atoms with Gasteiger partial charge in [-0.25, -0.2) is 9.97 Å². The highest BCUT2D eigenvalue weighted by atomic mass is 35.5. The molecule has 0 aromatic carbocycles. The molecule has 2 heterocycles. The third-order valence-corrected chi connectivity index (χ3v) is 3.04. The van der Waals surface area contributed by atoms with Gasteiger partial charge in [-0.3, -0.25) is 9.59 Å².